The summed E-state index contributed by atoms with van der Waals surface area (Å²) in [7, 11) is 0. The molecule has 1 rings (SSSR count). The third-order valence-electron chi connectivity index (χ3n) is 1.21. The minimum absolute atomic E-state index is 0.108. The summed E-state index contributed by atoms with van der Waals surface area (Å²) < 4.78 is 13.1. The third-order valence-corrected chi connectivity index (χ3v) is 2.05. The van der Waals surface area contributed by atoms with Crippen molar-refractivity contribution in [1.82, 2.24) is 0 Å². The molecule has 0 aliphatic heterocycles. The largest absolute Gasteiger partial charge is 0.503 e. The Bertz CT molecular complexity index is 361. The van der Waals surface area contributed by atoms with Crippen LogP contribution in [0.3, 0.4) is 0 Å². The fourth-order valence-electron chi connectivity index (χ4n) is 0.669. The predicted molar refractivity (Wildman–Crippen MR) is 48.6 cm³/mol. The van der Waals surface area contributed by atoms with Crippen molar-refractivity contribution in [2.24, 2.45) is 4.99 Å². The summed E-state index contributed by atoms with van der Waals surface area (Å²) in [5, 5.41) is 9.06. The highest BCUT2D eigenvalue weighted by Crippen LogP contribution is 2.31. The van der Waals surface area contributed by atoms with Crippen LogP contribution in [-0.4, -0.2) is 11.2 Å². The van der Waals surface area contributed by atoms with Gasteiger partial charge in [-0.25, -0.2) is 9.18 Å². The molecule has 0 aromatic heterocycles. The molecule has 1 aromatic carbocycles. The van der Waals surface area contributed by atoms with Gasteiger partial charge in [0.2, 0.25) is 6.08 Å². The van der Waals surface area contributed by atoms with E-state index < -0.39 is 11.6 Å². The minimum Gasteiger partial charge on any atom is -0.503 e. The highest BCUT2D eigenvalue weighted by atomic mass is 127. The Labute approximate surface area is 81.1 Å². The summed E-state index contributed by atoms with van der Waals surface area (Å²) in [5.41, 5.74) is -0.108. The molecule has 12 heavy (non-hydrogen) atoms. The SMILES string of the molecule is O=C=Nc1ccc(I)c(F)c1O. The zero-order chi connectivity index (χ0) is 9.14. The van der Waals surface area contributed by atoms with E-state index in [1.54, 1.807) is 22.6 Å². The van der Waals surface area contributed by atoms with Crippen molar-refractivity contribution in [3.63, 3.8) is 0 Å². The smallest absolute Gasteiger partial charge is 0.240 e. The molecule has 0 radical (unpaired) electrons. The lowest BCUT2D eigenvalue weighted by Gasteiger charge is -1.99. The van der Waals surface area contributed by atoms with Crippen molar-refractivity contribution in [3.8, 4) is 5.75 Å². The second kappa shape index (κ2) is 3.64. The van der Waals surface area contributed by atoms with Gasteiger partial charge in [0.25, 0.3) is 0 Å². The highest BCUT2D eigenvalue weighted by molar-refractivity contribution is 14.1. The maximum absolute atomic E-state index is 12.9. The number of aliphatic imine (C=N–C) groups is 1. The number of carbonyl (C=O) groups excluding carboxylic acids is 1. The average molecular weight is 279 g/mol. The number of nitrogens with zero attached hydrogens (tertiary/aromatic N) is 1. The van der Waals surface area contributed by atoms with E-state index in [9.17, 15) is 9.18 Å². The maximum Gasteiger partial charge on any atom is 0.240 e. The predicted octanol–water partition coefficient (Wildman–Crippen LogP) is 2.10. The number of isocyanates is 1. The van der Waals surface area contributed by atoms with Gasteiger partial charge in [-0.2, -0.15) is 4.99 Å². The molecule has 0 saturated carbocycles. The number of hydrogen-bond acceptors (Lipinski definition) is 3. The summed E-state index contributed by atoms with van der Waals surface area (Å²) >= 11 is 1.72. The van der Waals surface area contributed by atoms with Crippen molar-refractivity contribution < 1.29 is 14.3 Å². The molecule has 3 nitrogen and oxygen atoms in total. The van der Waals surface area contributed by atoms with Gasteiger partial charge in [-0.3, -0.25) is 0 Å². The molecule has 0 aliphatic rings. The number of halogens is 2. The van der Waals surface area contributed by atoms with Crippen LogP contribution in [0.25, 0.3) is 0 Å². The van der Waals surface area contributed by atoms with E-state index in [1.165, 1.54) is 18.2 Å². The van der Waals surface area contributed by atoms with Gasteiger partial charge in [-0.05, 0) is 34.7 Å². The molecular weight excluding hydrogens is 276 g/mol. The molecule has 0 atom stereocenters. The molecule has 0 heterocycles. The van der Waals surface area contributed by atoms with Crippen molar-refractivity contribution in [2.45, 2.75) is 0 Å². The number of benzene rings is 1. The molecule has 1 aromatic rings. The van der Waals surface area contributed by atoms with Crippen LogP contribution in [0.2, 0.25) is 0 Å². The second-order valence-electron chi connectivity index (χ2n) is 1.93. The van der Waals surface area contributed by atoms with Crippen LogP contribution in [0.15, 0.2) is 17.1 Å². The Morgan fingerprint density at radius 3 is 2.83 bits per heavy atom. The van der Waals surface area contributed by atoms with Gasteiger partial charge in [0.15, 0.2) is 11.6 Å². The van der Waals surface area contributed by atoms with Gasteiger partial charge in [-0.1, -0.05) is 0 Å². The fourth-order valence-corrected chi connectivity index (χ4v) is 1.10. The van der Waals surface area contributed by atoms with Crippen LogP contribution in [0, 0.1) is 9.39 Å². The Hall–Kier alpha value is -0.940. The van der Waals surface area contributed by atoms with Crippen molar-refractivity contribution in [3.05, 3.63) is 21.5 Å². The topological polar surface area (TPSA) is 49.7 Å². The van der Waals surface area contributed by atoms with Gasteiger partial charge in [-0.15, -0.1) is 0 Å². The Morgan fingerprint density at radius 1 is 1.58 bits per heavy atom. The third kappa shape index (κ3) is 1.62. The summed E-state index contributed by atoms with van der Waals surface area (Å²) in [5.74, 6) is -1.39. The molecule has 0 aliphatic carbocycles. The van der Waals surface area contributed by atoms with Crippen LogP contribution in [0.4, 0.5) is 10.1 Å². The van der Waals surface area contributed by atoms with E-state index in [-0.39, 0.29) is 9.26 Å². The lowest BCUT2D eigenvalue weighted by Crippen LogP contribution is -1.81. The molecule has 0 spiro atoms. The highest BCUT2D eigenvalue weighted by Gasteiger charge is 2.09. The summed E-state index contributed by atoms with van der Waals surface area (Å²) in [6, 6.07) is 2.75. The molecule has 0 saturated heterocycles. The standard InChI is InChI=1S/C7H3FINO2/c8-6-4(9)1-2-5(7(6)12)10-3-11/h1-2,12H. The minimum atomic E-state index is -0.771. The Kier molecular flexibility index (Phi) is 2.78. The van der Waals surface area contributed by atoms with Crippen LogP contribution in [0.1, 0.15) is 0 Å². The van der Waals surface area contributed by atoms with Gasteiger partial charge in [0, 0.05) is 0 Å². The van der Waals surface area contributed by atoms with Gasteiger partial charge in [0.05, 0.1) is 3.57 Å². The van der Waals surface area contributed by atoms with Gasteiger partial charge >= 0.3 is 0 Å². The van der Waals surface area contributed by atoms with Gasteiger partial charge in [0.1, 0.15) is 5.69 Å². The van der Waals surface area contributed by atoms with Crippen LogP contribution in [0.5, 0.6) is 5.75 Å². The number of aromatic hydroxyl groups is 1. The lowest BCUT2D eigenvalue weighted by atomic mass is 10.3. The normalized spacial score (nSPS) is 9.17. The summed E-state index contributed by atoms with van der Waals surface area (Å²) in [4.78, 5) is 12.9. The quantitative estimate of drug-likeness (QED) is 0.486. The van der Waals surface area contributed by atoms with E-state index in [0.717, 1.165) is 0 Å². The molecular formula is C7H3FINO2. The Balaban J connectivity index is 3.35. The lowest BCUT2D eigenvalue weighted by molar-refractivity contribution is 0.432. The number of hydrogen-bond donors (Lipinski definition) is 1. The zero-order valence-electron chi connectivity index (χ0n) is 5.71. The first-order valence-corrected chi connectivity index (χ1v) is 3.99. The average Bonchev–Trinajstić information content (AvgIpc) is 2.07. The van der Waals surface area contributed by atoms with E-state index in [4.69, 9.17) is 5.11 Å². The first-order chi connectivity index (χ1) is 5.66. The van der Waals surface area contributed by atoms with E-state index in [1.807, 2.05) is 0 Å². The summed E-state index contributed by atoms with van der Waals surface area (Å²) in [6.07, 6.45) is 1.22. The number of rotatable bonds is 1. The fraction of sp³-hybridized carbons (Fsp3) is 0. The molecule has 0 unspecified atom stereocenters. The van der Waals surface area contributed by atoms with Crippen molar-refractivity contribution in [1.29, 1.82) is 0 Å². The summed E-state index contributed by atoms with van der Waals surface area (Å²) in [6.45, 7) is 0. The van der Waals surface area contributed by atoms with Crippen molar-refractivity contribution >= 4 is 34.4 Å². The van der Waals surface area contributed by atoms with Gasteiger partial charge < -0.3 is 5.11 Å². The zero-order valence-corrected chi connectivity index (χ0v) is 7.87. The molecule has 0 fully saturated rings. The molecule has 0 amide bonds. The second-order valence-corrected chi connectivity index (χ2v) is 3.09. The maximum atomic E-state index is 12.9. The number of phenolic OH excluding ortho intramolecular Hbond substituents is 1. The first-order valence-electron chi connectivity index (χ1n) is 2.91. The monoisotopic (exact) mass is 279 g/mol. The molecule has 1 N–H and O–H groups in total. The van der Waals surface area contributed by atoms with E-state index >= 15 is 0 Å². The van der Waals surface area contributed by atoms with Crippen LogP contribution in [-0.2, 0) is 4.79 Å². The van der Waals surface area contributed by atoms with E-state index in [0.29, 0.717) is 0 Å². The molecule has 5 heteroatoms. The van der Waals surface area contributed by atoms with Crippen molar-refractivity contribution in [2.75, 3.05) is 0 Å². The Morgan fingerprint density at radius 2 is 2.25 bits per heavy atom. The van der Waals surface area contributed by atoms with Crippen LogP contribution < -0.4 is 0 Å². The molecule has 0 bridgehead atoms. The van der Waals surface area contributed by atoms with E-state index in [2.05, 4.69) is 4.99 Å². The molecule has 62 valence electrons. The van der Waals surface area contributed by atoms with Crippen LogP contribution >= 0.6 is 22.6 Å². The first kappa shape index (κ1) is 9.15. The number of phenols is 1.